The fourth-order valence-corrected chi connectivity index (χ4v) is 4.81. The Morgan fingerprint density at radius 1 is 1.28 bits per heavy atom. The van der Waals surface area contributed by atoms with Gasteiger partial charge in [0.15, 0.2) is 5.84 Å². The van der Waals surface area contributed by atoms with Gasteiger partial charge in [0.1, 0.15) is 5.75 Å². The highest BCUT2D eigenvalue weighted by Gasteiger charge is 2.32. The highest BCUT2D eigenvalue weighted by Crippen LogP contribution is 2.27. The SMILES string of the molecule is COc1ccc(N(Cc2cccs2)C(=O)C2=CC=CN3CCS(=O)(=O)N=C23)cc1. The van der Waals surface area contributed by atoms with Gasteiger partial charge in [-0.05, 0) is 47.9 Å². The van der Waals surface area contributed by atoms with Crippen LogP contribution in [0.2, 0.25) is 0 Å². The van der Waals surface area contributed by atoms with E-state index in [4.69, 9.17) is 4.74 Å². The van der Waals surface area contributed by atoms with Crippen LogP contribution in [-0.4, -0.2) is 44.5 Å². The van der Waals surface area contributed by atoms with Crippen LogP contribution in [0, 0.1) is 0 Å². The second kappa shape index (κ2) is 7.84. The van der Waals surface area contributed by atoms with Crippen molar-refractivity contribution in [3.05, 3.63) is 70.6 Å². The lowest BCUT2D eigenvalue weighted by Crippen LogP contribution is -2.43. The lowest BCUT2D eigenvalue weighted by atomic mass is 10.1. The third-order valence-electron chi connectivity index (χ3n) is 4.61. The van der Waals surface area contributed by atoms with Crippen molar-refractivity contribution in [1.82, 2.24) is 4.90 Å². The second-order valence-electron chi connectivity index (χ2n) is 6.48. The topological polar surface area (TPSA) is 79.3 Å². The van der Waals surface area contributed by atoms with Crippen LogP contribution in [0.15, 0.2) is 70.1 Å². The van der Waals surface area contributed by atoms with E-state index in [0.717, 1.165) is 4.88 Å². The van der Waals surface area contributed by atoms with Gasteiger partial charge in [0.05, 0.1) is 25.0 Å². The van der Waals surface area contributed by atoms with Crippen molar-refractivity contribution in [2.24, 2.45) is 4.40 Å². The van der Waals surface area contributed by atoms with Crippen molar-refractivity contribution < 1.29 is 17.9 Å². The Kier molecular flexibility index (Phi) is 5.25. The average Bonchev–Trinajstić information content (AvgIpc) is 3.24. The first-order chi connectivity index (χ1) is 14.0. The molecule has 150 valence electrons. The third kappa shape index (κ3) is 4.10. The number of fused-ring (bicyclic) bond motifs is 1. The Morgan fingerprint density at radius 3 is 2.76 bits per heavy atom. The molecule has 7 nitrogen and oxygen atoms in total. The van der Waals surface area contributed by atoms with Gasteiger partial charge in [-0.1, -0.05) is 6.07 Å². The molecule has 0 spiro atoms. The van der Waals surface area contributed by atoms with Gasteiger partial charge in [-0.25, -0.2) is 8.42 Å². The van der Waals surface area contributed by atoms with Crippen LogP contribution < -0.4 is 9.64 Å². The second-order valence-corrected chi connectivity index (χ2v) is 9.27. The van der Waals surface area contributed by atoms with Crippen LogP contribution in [0.25, 0.3) is 0 Å². The normalized spacial score (nSPS) is 17.2. The minimum Gasteiger partial charge on any atom is -0.497 e. The predicted octanol–water partition coefficient (Wildman–Crippen LogP) is 2.79. The zero-order valence-electron chi connectivity index (χ0n) is 15.7. The molecule has 0 bridgehead atoms. The Balaban J connectivity index is 1.73. The van der Waals surface area contributed by atoms with Gasteiger partial charge >= 0.3 is 0 Å². The van der Waals surface area contributed by atoms with Crippen LogP contribution >= 0.6 is 11.3 Å². The summed E-state index contributed by atoms with van der Waals surface area (Å²) in [6, 6.07) is 11.1. The van der Waals surface area contributed by atoms with E-state index in [0.29, 0.717) is 18.0 Å². The quantitative estimate of drug-likeness (QED) is 0.730. The molecule has 0 fully saturated rings. The van der Waals surface area contributed by atoms with Gasteiger partial charge in [-0.3, -0.25) is 4.79 Å². The molecule has 2 aliphatic rings. The number of hydrogen-bond donors (Lipinski definition) is 0. The van der Waals surface area contributed by atoms with Crippen LogP contribution in [0.1, 0.15) is 4.88 Å². The van der Waals surface area contributed by atoms with E-state index in [1.54, 1.807) is 70.9 Å². The number of thiophene rings is 1. The van der Waals surface area contributed by atoms with Crippen molar-refractivity contribution in [3.63, 3.8) is 0 Å². The number of carbonyl (C=O) groups is 1. The molecule has 1 aromatic heterocycles. The zero-order valence-corrected chi connectivity index (χ0v) is 17.3. The largest absolute Gasteiger partial charge is 0.497 e. The summed E-state index contributed by atoms with van der Waals surface area (Å²) >= 11 is 1.55. The van der Waals surface area contributed by atoms with Gasteiger partial charge in [0, 0.05) is 23.3 Å². The molecule has 0 N–H and O–H groups in total. The summed E-state index contributed by atoms with van der Waals surface area (Å²) in [6.45, 7) is 0.639. The fraction of sp³-hybridized carbons (Fsp3) is 0.200. The number of nitrogens with zero attached hydrogens (tertiary/aromatic N) is 3. The molecule has 0 radical (unpaired) electrons. The Morgan fingerprint density at radius 2 is 2.07 bits per heavy atom. The molecular formula is C20H19N3O4S2. The summed E-state index contributed by atoms with van der Waals surface area (Å²) in [5, 5.41) is 1.95. The molecule has 0 saturated carbocycles. The van der Waals surface area contributed by atoms with Crippen LogP contribution in [0.4, 0.5) is 5.69 Å². The van der Waals surface area contributed by atoms with Crippen molar-refractivity contribution in [1.29, 1.82) is 0 Å². The maximum Gasteiger partial charge on any atom is 0.262 e. The van der Waals surface area contributed by atoms with E-state index in [1.165, 1.54) is 0 Å². The van der Waals surface area contributed by atoms with Crippen LogP contribution in [0.5, 0.6) is 5.75 Å². The summed E-state index contributed by atoms with van der Waals surface area (Å²) in [4.78, 5) is 17.9. The standard InChI is InChI=1S/C20H19N3O4S2/c1-27-16-8-6-15(7-9-16)23(14-17-4-3-12-28-17)20(24)18-5-2-10-22-11-13-29(25,26)21-19(18)22/h2-10,12H,11,13-14H2,1H3. The third-order valence-corrected chi connectivity index (χ3v) is 6.62. The number of rotatable bonds is 5. The number of hydrogen-bond acceptors (Lipinski definition) is 6. The number of ether oxygens (including phenoxy) is 1. The lowest BCUT2D eigenvalue weighted by molar-refractivity contribution is -0.114. The molecule has 1 amide bonds. The summed E-state index contributed by atoms with van der Waals surface area (Å²) in [7, 11) is -2.00. The molecule has 9 heteroatoms. The smallest absolute Gasteiger partial charge is 0.262 e. The number of methoxy groups -OCH3 is 1. The number of amidine groups is 1. The van der Waals surface area contributed by atoms with E-state index in [9.17, 15) is 13.2 Å². The van der Waals surface area contributed by atoms with Crippen molar-refractivity contribution in [2.75, 3.05) is 24.3 Å². The number of allylic oxidation sites excluding steroid dienone is 2. The van der Waals surface area contributed by atoms with Crippen LogP contribution in [-0.2, 0) is 21.4 Å². The first-order valence-electron chi connectivity index (χ1n) is 8.93. The lowest BCUT2D eigenvalue weighted by Gasteiger charge is -2.31. The molecule has 2 aromatic rings. The molecule has 4 rings (SSSR count). The van der Waals surface area contributed by atoms with E-state index in [1.807, 2.05) is 17.5 Å². The zero-order chi connectivity index (χ0) is 20.4. The molecule has 1 aromatic carbocycles. The molecule has 2 aliphatic heterocycles. The first-order valence-corrected chi connectivity index (χ1v) is 11.4. The molecular weight excluding hydrogens is 410 g/mol. The highest BCUT2D eigenvalue weighted by atomic mass is 32.2. The summed E-state index contributed by atoms with van der Waals surface area (Å²) in [5.74, 6) is 0.480. The fourth-order valence-electron chi connectivity index (χ4n) is 3.13. The van der Waals surface area contributed by atoms with Crippen molar-refractivity contribution in [2.45, 2.75) is 6.54 Å². The monoisotopic (exact) mass is 429 g/mol. The maximum absolute atomic E-state index is 13.5. The minimum atomic E-state index is -3.58. The number of benzene rings is 1. The molecule has 3 heterocycles. The number of sulfonamides is 1. The summed E-state index contributed by atoms with van der Waals surface area (Å²) in [6.07, 6.45) is 5.09. The van der Waals surface area contributed by atoms with Gasteiger partial charge in [0.25, 0.3) is 15.9 Å². The van der Waals surface area contributed by atoms with E-state index in [2.05, 4.69) is 4.40 Å². The van der Waals surface area contributed by atoms with E-state index in [-0.39, 0.29) is 29.6 Å². The first kappa shape index (κ1) is 19.4. The average molecular weight is 430 g/mol. The molecule has 0 aliphatic carbocycles. The number of carbonyl (C=O) groups excluding carboxylic acids is 1. The molecule has 0 unspecified atom stereocenters. The minimum absolute atomic E-state index is 0.0697. The summed E-state index contributed by atoms with van der Waals surface area (Å²) < 4.78 is 33.2. The van der Waals surface area contributed by atoms with Gasteiger partial charge in [-0.2, -0.15) is 0 Å². The maximum atomic E-state index is 13.5. The molecule has 0 saturated heterocycles. The number of amides is 1. The van der Waals surface area contributed by atoms with Crippen molar-refractivity contribution >= 4 is 38.8 Å². The predicted molar refractivity (Wildman–Crippen MR) is 114 cm³/mol. The van der Waals surface area contributed by atoms with E-state index < -0.39 is 10.0 Å². The Labute approximate surface area is 173 Å². The van der Waals surface area contributed by atoms with Gasteiger partial charge < -0.3 is 14.5 Å². The Bertz CT molecular complexity index is 1100. The summed E-state index contributed by atoms with van der Waals surface area (Å²) in [5.41, 5.74) is 0.939. The van der Waals surface area contributed by atoms with Crippen LogP contribution in [0.3, 0.4) is 0 Å². The molecule has 0 atom stereocenters. The van der Waals surface area contributed by atoms with Crippen molar-refractivity contribution in [3.8, 4) is 5.75 Å². The number of anilines is 1. The van der Waals surface area contributed by atoms with Gasteiger partial charge in [-0.15, -0.1) is 15.7 Å². The molecule has 29 heavy (non-hydrogen) atoms. The van der Waals surface area contributed by atoms with E-state index >= 15 is 0 Å². The van der Waals surface area contributed by atoms with Gasteiger partial charge in [0.2, 0.25) is 0 Å². The Hall–Kier alpha value is -2.91. The highest BCUT2D eigenvalue weighted by molar-refractivity contribution is 7.90.